The Morgan fingerprint density at radius 1 is 1.27 bits per heavy atom. The van der Waals surface area contributed by atoms with Crippen molar-refractivity contribution in [2.75, 3.05) is 25.1 Å². The fourth-order valence-electron chi connectivity index (χ4n) is 2.79. The van der Waals surface area contributed by atoms with Crippen LogP contribution in [-0.4, -0.2) is 82.6 Å². The van der Waals surface area contributed by atoms with E-state index in [1.54, 1.807) is 0 Å². The molecule has 5 atom stereocenters. The van der Waals surface area contributed by atoms with E-state index in [-0.39, 0.29) is 16.7 Å². The molecule has 0 radical (unpaired) electrons. The van der Waals surface area contributed by atoms with Crippen molar-refractivity contribution in [1.29, 1.82) is 0 Å². The molecular formula is C12H18ClN5O10P2. The van der Waals surface area contributed by atoms with Gasteiger partial charge in [-0.05, 0) is 11.6 Å². The van der Waals surface area contributed by atoms with E-state index in [4.69, 9.17) is 31.0 Å². The van der Waals surface area contributed by atoms with Gasteiger partial charge in [0.25, 0.3) is 0 Å². The molecule has 0 aromatic carbocycles. The quantitative estimate of drug-likeness (QED) is 0.155. The second-order valence-electron chi connectivity index (χ2n) is 6.26. The van der Waals surface area contributed by atoms with E-state index in [0.29, 0.717) is 5.39 Å². The molecule has 3 heterocycles. The van der Waals surface area contributed by atoms with Crippen LogP contribution in [0.25, 0.3) is 11.0 Å². The second kappa shape index (κ2) is 8.73. The Balaban J connectivity index is 1.80. The third kappa shape index (κ3) is 5.15. The Morgan fingerprint density at radius 2 is 1.97 bits per heavy atom. The molecule has 15 nitrogen and oxygen atoms in total. The number of halogens is 1. The predicted molar refractivity (Wildman–Crippen MR) is 99.6 cm³/mol. The van der Waals surface area contributed by atoms with Crippen molar-refractivity contribution >= 4 is 43.6 Å². The molecule has 6 N–H and O–H groups in total. The first-order chi connectivity index (χ1) is 13.9. The number of aliphatic hydroxyl groups excluding tert-OH is 2. The van der Waals surface area contributed by atoms with Gasteiger partial charge in [-0.3, -0.25) is 14.0 Å². The van der Waals surface area contributed by atoms with Gasteiger partial charge in [-0.25, -0.2) is 10.2 Å². The number of aliphatic hydroxyl groups is 2. The Bertz CT molecular complexity index is 1020. The molecule has 0 bridgehead atoms. The predicted octanol–water partition coefficient (Wildman–Crippen LogP) is -0.591. The third-order valence-electron chi connectivity index (χ3n) is 4.01. The van der Waals surface area contributed by atoms with Gasteiger partial charge in [0.1, 0.15) is 18.3 Å². The fraction of sp³-hybridized carbons (Fsp3) is 0.583. The lowest BCUT2D eigenvalue weighted by molar-refractivity contribution is -0.0541. The standard InChI is InChI=1S/C12H18ClN5O10P2/c1-26-17-9-5-2-14-18(10(5)16-12(13)15-9)11-8(20)7(19)6(28-11)3-27-30(24,25)4-29(21,22)23/h2,6-8,11,19-20H,3-4H2,1H3,(H,24,25)(H,15,16,17)(H2,21,22,23)/t6-,7-,8-,11?/m1/s1. The lowest BCUT2D eigenvalue weighted by atomic mass is 10.1. The summed E-state index contributed by atoms with van der Waals surface area (Å²) in [7, 11) is -8.14. The second-order valence-corrected chi connectivity index (χ2v) is 10.6. The Morgan fingerprint density at radius 3 is 2.60 bits per heavy atom. The minimum absolute atomic E-state index is 0.127. The van der Waals surface area contributed by atoms with Crippen molar-refractivity contribution in [3.8, 4) is 0 Å². The number of nitrogens with zero attached hydrogens (tertiary/aromatic N) is 4. The largest absolute Gasteiger partial charge is 0.387 e. The minimum atomic E-state index is -4.82. The molecule has 2 unspecified atom stereocenters. The average Bonchev–Trinajstić information content (AvgIpc) is 3.14. The highest BCUT2D eigenvalue weighted by atomic mass is 35.5. The smallest absolute Gasteiger partial charge is 0.340 e. The Labute approximate surface area is 173 Å². The van der Waals surface area contributed by atoms with Crippen LogP contribution in [-0.2, 0) is 23.2 Å². The van der Waals surface area contributed by atoms with Gasteiger partial charge in [0.05, 0.1) is 25.3 Å². The van der Waals surface area contributed by atoms with Gasteiger partial charge in [0.2, 0.25) is 5.28 Å². The maximum Gasteiger partial charge on any atom is 0.340 e. The zero-order valence-corrected chi connectivity index (χ0v) is 17.7. The molecule has 3 rings (SSSR count). The lowest BCUT2D eigenvalue weighted by Gasteiger charge is -2.18. The molecular weight excluding hydrogens is 472 g/mol. The minimum Gasteiger partial charge on any atom is -0.387 e. The SMILES string of the molecule is CONc1nc(Cl)nc2c1cnn2C1O[C@H](COP(=O)(O)CP(=O)(O)O)[C@@H](O)[C@H]1O. The van der Waals surface area contributed by atoms with E-state index in [1.807, 2.05) is 0 Å². The molecule has 30 heavy (non-hydrogen) atoms. The zero-order chi connectivity index (χ0) is 22.3. The van der Waals surface area contributed by atoms with E-state index in [0.717, 1.165) is 4.68 Å². The van der Waals surface area contributed by atoms with Crippen molar-refractivity contribution in [3.05, 3.63) is 11.5 Å². The first-order valence-corrected chi connectivity index (χ1v) is 12.1. The summed E-state index contributed by atoms with van der Waals surface area (Å²) in [5.74, 6) is -1.21. The van der Waals surface area contributed by atoms with Crippen LogP contribution in [0.3, 0.4) is 0 Å². The van der Waals surface area contributed by atoms with Gasteiger partial charge in [0.15, 0.2) is 23.6 Å². The number of ether oxygens (including phenoxy) is 1. The topological polar surface area (TPSA) is 219 Å². The monoisotopic (exact) mass is 489 g/mol. The van der Waals surface area contributed by atoms with E-state index < -0.39 is 52.2 Å². The summed E-state index contributed by atoms with van der Waals surface area (Å²) in [5.41, 5.74) is 2.62. The highest BCUT2D eigenvalue weighted by Crippen LogP contribution is 2.55. The molecule has 1 aliphatic rings. The van der Waals surface area contributed by atoms with Crippen molar-refractivity contribution in [2.45, 2.75) is 24.5 Å². The normalized spacial score (nSPS) is 26.8. The number of aromatic nitrogens is 4. The summed E-state index contributed by atoms with van der Waals surface area (Å²) in [6.45, 7) is -0.728. The van der Waals surface area contributed by atoms with Gasteiger partial charge in [-0.15, -0.1) is 0 Å². The Kier molecular flexibility index (Phi) is 6.82. The molecule has 18 heteroatoms. The van der Waals surface area contributed by atoms with Crippen LogP contribution < -0.4 is 5.48 Å². The summed E-state index contributed by atoms with van der Waals surface area (Å²) in [4.78, 5) is 39.9. The van der Waals surface area contributed by atoms with E-state index >= 15 is 0 Å². The maximum absolute atomic E-state index is 11.8. The van der Waals surface area contributed by atoms with Gasteiger partial charge in [0, 0.05) is 0 Å². The van der Waals surface area contributed by atoms with Gasteiger partial charge >= 0.3 is 15.2 Å². The number of anilines is 1. The summed E-state index contributed by atoms with van der Waals surface area (Å²) < 4.78 is 33.9. The molecule has 0 spiro atoms. The van der Waals surface area contributed by atoms with Gasteiger partial charge in [-0.2, -0.15) is 15.1 Å². The number of rotatable bonds is 8. The summed E-state index contributed by atoms with van der Waals surface area (Å²) in [6, 6.07) is 0. The van der Waals surface area contributed by atoms with Crippen LogP contribution in [0.4, 0.5) is 5.82 Å². The molecule has 0 aliphatic carbocycles. The molecule has 1 saturated heterocycles. The number of hydrogen-bond acceptors (Lipinski definition) is 11. The van der Waals surface area contributed by atoms with Crippen molar-refractivity contribution < 1.29 is 48.1 Å². The van der Waals surface area contributed by atoms with E-state index in [9.17, 15) is 24.2 Å². The van der Waals surface area contributed by atoms with Gasteiger partial charge < -0.3 is 34.2 Å². The van der Waals surface area contributed by atoms with Crippen LogP contribution in [0.15, 0.2) is 6.20 Å². The molecule has 1 aliphatic heterocycles. The zero-order valence-electron chi connectivity index (χ0n) is 15.1. The molecule has 168 valence electrons. The van der Waals surface area contributed by atoms with Crippen LogP contribution in [0, 0.1) is 0 Å². The van der Waals surface area contributed by atoms with Crippen molar-refractivity contribution in [1.82, 2.24) is 19.7 Å². The first-order valence-electron chi connectivity index (χ1n) is 8.14. The fourth-order valence-corrected chi connectivity index (χ4v) is 5.53. The van der Waals surface area contributed by atoms with Crippen LogP contribution >= 0.6 is 26.8 Å². The van der Waals surface area contributed by atoms with Crippen molar-refractivity contribution in [3.63, 3.8) is 0 Å². The van der Waals surface area contributed by atoms with Crippen LogP contribution in [0.2, 0.25) is 5.28 Å². The highest BCUT2D eigenvalue weighted by molar-refractivity contribution is 7.70. The highest BCUT2D eigenvalue weighted by Gasteiger charge is 2.46. The van der Waals surface area contributed by atoms with Crippen molar-refractivity contribution in [2.24, 2.45) is 0 Å². The average molecular weight is 490 g/mol. The van der Waals surface area contributed by atoms with E-state index in [2.05, 4.69) is 25.1 Å². The summed E-state index contributed by atoms with van der Waals surface area (Å²) in [5, 5.41) is 24.8. The number of nitrogens with one attached hydrogen (secondary N) is 1. The number of hydrogen-bond donors (Lipinski definition) is 6. The molecule has 2 aromatic rings. The van der Waals surface area contributed by atoms with Gasteiger partial charge in [-0.1, -0.05) is 0 Å². The third-order valence-corrected chi connectivity index (χ3v) is 7.63. The first kappa shape index (κ1) is 23.4. The summed E-state index contributed by atoms with van der Waals surface area (Å²) >= 11 is 5.89. The maximum atomic E-state index is 11.8. The molecule has 0 amide bonds. The number of fused-ring (bicyclic) bond motifs is 1. The molecule has 0 saturated carbocycles. The van der Waals surface area contributed by atoms with E-state index in [1.165, 1.54) is 13.3 Å². The molecule has 1 fully saturated rings. The lowest BCUT2D eigenvalue weighted by Crippen LogP contribution is -2.33. The molecule has 2 aromatic heterocycles. The van der Waals surface area contributed by atoms with Crippen LogP contribution in [0.1, 0.15) is 6.23 Å². The summed E-state index contributed by atoms with van der Waals surface area (Å²) in [6.07, 6.45) is -4.38. The Hall–Kier alpha value is -1.22. The van der Waals surface area contributed by atoms with Crippen LogP contribution in [0.5, 0.6) is 0 Å².